The molecule has 2 heterocycles. The molecule has 0 spiro atoms. The van der Waals surface area contributed by atoms with Crippen LogP contribution >= 0.6 is 15.9 Å². The second-order valence-corrected chi connectivity index (χ2v) is 5.56. The third-order valence-electron chi connectivity index (χ3n) is 3.57. The van der Waals surface area contributed by atoms with E-state index in [1.54, 1.807) is 0 Å². The summed E-state index contributed by atoms with van der Waals surface area (Å²) in [7, 11) is 0. The predicted octanol–water partition coefficient (Wildman–Crippen LogP) is 2.98. The van der Waals surface area contributed by atoms with Gasteiger partial charge in [0.25, 0.3) is 0 Å². The van der Waals surface area contributed by atoms with Crippen molar-refractivity contribution >= 4 is 26.8 Å². The van der Waals surface area contributed by atoms with Crippen LogP contribution in [0.4, 0.5) is 0 Å². The Kier molecular flexibility index (Phi) is 2.79. The van der Waals surface area contributed by atoms with Gasteiger partial charge in [0.15, 0.2) is 5.43 Å². The molecule has 18 heavy (non-hydrogen) atoms. The second-order valence-electron chi connectivity index (χ2n) is 4.77. The smallest absolute Gasteiger partial charge is 0.195 e. The lowest BCUT2D eigenvalue weighted by Gasteiger charge is -2.18. The van der Waals surface area contributed by atoms with E-state index < -0.39 is 0 Å². The average molecular weight is 308 g/mol. The minimum absolute atomic E-state index is 0.108. The van der Waals surface area contributed by atoms with Crippen molar-refractivity contribution in [3.63, 3.8) is 0 Å². The summed E-state index contributed by atoms with van der Waals surface area (Å²) in [6.45, 7) is 5.12. The van der Waals surface area contributed by atoms with Crippen molar-refractivity contribution in [2.45, 2.75) is 26.9 Å². The summed E-state index contributed by atoms with van der Waals surface area (Å²) in [6.07, 6.45) is 0.786. The maximum absolute atomic E-state index is 12.5. The standard InChI is InChI=1S/C14H14BrNO2/c1-7-5-11-12(8(2)13(7)15)14(17)9-6-18-4-3-10(9)16-11/h5H,3-4,6H2,1-2H3,(H,16,17). The summed E-state index contributed by atoms with van der Waals surface area (Å²) in [5.41, 5.74) is 4.99. The van der Waals surface area contributed by atoms with Crippen LogP contribution in [-0.4, -0.2) is 11.6 Å². The first-order valence-corrected chi connectivity index (χ1v) is 6.80. The van der Waals surface area contributed by atoms with Crippen molar-refractivity contribution in [1.29, 1.82) is 0 Å². The first-order valence-electron chi connectivity index (χ1n) is 6.00. The molecule has 1 aromatic carbocycles. The van der Waals surface area contributed by atoms with Crippen molar-refractivity contribution in [2.75, 3.05) is 6.61 Å². The lowest BCUT2D eigenvalue weighted by molar-refractivity contribution is 0.109. The fourth-order valence-electron chi connectivity index (χ4n) is 2.59. The van der Waals surface area contributed by atoms with Crippen LogP contribution in [0.1, 0.15) is 22.4 Å². The molecule has 0 bridgehead atoms. The van der Waals surface area contributed by atoms with Crippen LogP contribution in [0.15, 0.2) is 15.3 Å². The summed E-state index contributed by atoms with van der Waals surface area (Å²) in [5, 5.41) is 0.775. The zero-order valence-corrected chi connectivity index (χ0v) is 12.0. The van der Waals surface area contributed by atoms with Crippen LogP contribution in [0, 0.1) is 13.8 Å². The van der Waals surface area contributed by atoms with E-state index in [1.807, 2.05) is 19.9 Å². The molecule has 0 radical (unpaired) electrons. The zero-order chi connectivity index (χ0) is 12.9. The third kappa shape index (κ3) is 1.63. The van der Waals surface area contributed by atoms with Crippen molar-refractivity contribution in [1.82, 2.24) is 4.98 Å². The summed E-state index contributed by atoms with van der Waals surface area (Å²) in [5.74, 6) is 0. The molecule has 0 saturated heterocycles. The van der Waals surface area contributed by atoms with E-state index in [-0.39, 0.29) is 5.43 Å². The number of H-pyrrole nitrogens is 1. The Labute approximate surface area is 113 Å². The number of pyridine rings is 1. The number of fused-ring (bicyclic) bond motifs is 2. The van der Waals surface area contributed by atoms with Gasteiger partial charge in [0.1, 0.15) is 0 Å². The van der Waals surface area contributed by atoms with Crippen LogP contribution in [0.5, 0.6) is 0 Å². The Morgan fingerprint density at radius 3 is 2.94 bits per heavy atom. The topological polar surface area (TPSA) is 42.1 Å². The quantitative estimate of drug-likeness (QED) is 0.813. The number of ether oxygens (including phenoxy) is 1. The third-order valence-corrected chi connectivity index (χ3v) is 4.79. The molecular formula is C14H14BrNO2. The lowest BCUT2D eigenvalue weighted by atomic mass is 10.0. The molecule has 2 aromatic rings. The maximum Gasteiger partial charge on any atom is 0.195 e. The number of nitrogens with one attached hydrogen (secondary N) is 1. The molecule has 0 amide bonds. The van der Waals surface area contributed by atoms with Gasteiger partial charge in [0.2, 0.25) is 0 Å². The van der Waals surface area contributed by atoms with Crippen molar-refractivity contribution in [2.24, 2.45) is 0 Å². The summed E-state index contributed by atoms with van der Waals surface area (Å²) >= 11 is 3.55. The minimum Gasteiger partial charge on any atom is -0.376 e. The van der Waals surface area contributed by atoms with Gasteiger partial charge in [-0.2, -0.15) is 0 Å². The van der Waals surface area contributed by atoms with E-state index in [2.05, 4.69) is 20.9 Å². The van der Waals surface area contributed by atoms with E-state index in [1.165, 1.54) is 0 Å². The molecule has 1 N–H and O–H groups in total. The highest BCUT2D eigenvalue weighted by atomic mass is 79.9. The van der Waals surface area contributed by atoms with Crippen molar-refractivity contribution in [3.8, 4) is 0 Å². The minimum atomic E-state index is 0.108. The van der Waals surface area contributed by atoms with Gasteiger partial charge in [-0.25, -0.2) is 0 Å². The van der Waals surface area contributed by atoms with Crippen LogP contribution in [0.3, 0.4) is 0 Å². The molecular weight excluding hydrogens is 294 g/mol. The number of rotatable bonds is 0. The zero-order valence-electron chi connectivity index (χ0n) is 10.4. The average Bonchev–Trinajstić information content (AvgIpc) is 2.36. The van der Waals surface area contributed by atoms with E-state index >= 15 is 0 Å². The molecule has 3 rings (SSSR count). The van der Waals surface area contributed by atoms with Gasteiger partial charge < -0.3 is 9.72 Å². The number of benzene rings is 1. The fraction of sp³-hybridized carbons (Fsp3) is 0.357. The fourth-order valence-corrected chi connectivity index (χ4v) is 2.90. The van der Waals surface area contributed by atoms with Crippen LogP contribution < -0.4 is 5.43 Å². The first-order chi connectivity index (χ1) is 8.59. The number of hydrogen-bond acceptors (Lipinski definition) is 2. The van der Waals surface area contributed by atoms with Crippen LogP contribution in [0.25, 0.3) is 10.9 Å². The van der Waals surface area contributed by atoms with Gasteiger partial charge in [-0.15, -0.1) is 0 Å². The number of aryl methyl sites for hydroxylation is 2. The Bertz CT molecular complexity index is 703. The molecule has 3 nitrogen and oxygen atoms in total. The number of hydrogen-bond donors (Lipinski definition) is 1. The van der Waals surface area contributed by atoms with Gasteiger partial charge in [-0.1, -0.05) is 15.9 Å². The largest absolute Gasteiger partial charge is 0.376 e. The van der Waals surface area contributed by atoms with Crippen molar-refractivity contribution in [3.05, 3.63) is 43.1 Å². The highest BCUT2D eigenvalue weighted by Gasteiger charge is 2.18. The first kappa shape index (κ1) is 11.9. The monoisotopic (exact) mass is 307 g/mol. The Balaban J connectivity index is 2.47. The Morgan fingerprint density at radius 2 is 2.17 bits per heavy atom. The van der Waals surface area contributed by atoms with E-state index in [0.717, 1.165) is 44.2 Å². The number of aromatic amines is 1. The lowest BCUT2D eigenvalue weighted by Crippen LogP contribution is -2.22. The highest BCUT2D eigenvalue weighted by Crippen LogP contribution is 2.28. The second kappa shape index (κ2) is 4.21. The summed E-state index contributed by atoms with van der Waals surface area (Å²) < 4.78 is 6.40. The molecule has 0 saturated carbocycles. The van der Waals surface area contributed by atoms with Gasteiger partial charge in [0, 0.05) is 27.5 Å². The van der Waals surface area contributed by atoms with Gasteiger partial charge in [0.05, 0.1) is 18.7 Å². The normalized spacial score (nSPS) is 14.8. The molecule has 4 heteroatoms. The molecule has 0 fully saturated rings. The molecule has 0 aliphatic carbocycles. The molecule has 1 aliphatic heterocycles. The predicted molar refractivity (Wildman–Crippen MR) is 75.1 cm³/mol. The van der Waals surface area contributed by atoms with Gasteiger partial charge in [-0.05, 0) is 31.0 Å². The van der Waals surface area contributed by atoms with E-state index in [9.17, 15) is 4.79 Å². The van der Waals surface area contributed by atoms with Crippen LogP contribution in [-0.2, 0) is 17.8 Å². The summed E-state index contributed by atoms with van der Waals surface area (Å²) in [6, 6.07) is 2.03. The molecule has 1 aromatic heterocycles. The van der Waals surface area contributed by atoms with Crippen LogP contribution in [0.2, 0.25) is 0 Å². The Hall–Kier alpha value is -1.13. The Morgan fingerprint density at radius 1 is 1.39 bits per heavy atom. The number of halogens is 1. The number of aromatic nitrogens is 1. The van der Waals surface area contributed by atoms with Crippen molar-refractivity contribution < 1.29 is 4.74 Å². The SMILES string of the molecule is Cc1cc2[nH]c3c(c(=O)c2c(C)c1Br)COCC3. The molecule has 0 unspecified atom stereocenters. The molecule has 1 aliphatic rings. The van der Waals surface area contributed by atoms with E-state index in [4.69, 9.17) is 4.74 Å². The van der Waals surface area contributed by atoms with Gasteiger partial charge in [-0.3, -0.25) is 4.79 Å². The molecule has 94 valence electrons. The van der Waals surface area contributed by atoms with E-state index in [0.29, 0.717) is 13.2 Å². The van der Waals surface area contributed by atoms with Gasteiger partial charge >= 0.3 is 0 Å². The maximum atomic E-state index is 12.5. The summed E-state index contributed by atoms with van der Waals surface area (Å²) in [4.78, 5) is 15.9. The highest BCUT2D eigenvalue weighted by molar-refractivity contribution is 9.10. The molecule has 0 atom stereocenters.